The van der Waals surface area contributed by atoms with Crippen LogP contribution in [0.2, 0.25) is 0 Å². The van der Waals surface area contributed by atoms with Gasteiger partial charge in [0.1, 0.15) is 5.75 Å². The fourth-order valence-corrected chi connectivity index (χ4v) is 1.63. The highest BCUT2D eigenvalue weighted by atomic mass is 16.5. The Hall–Kier alpha value is -1.71. The topological polar surface area (TPSA) is 47.6 Å². The minimum atomic E-state index is -0.417. The van der Waals surface area contributed by atoms with E-state index in [9.17, 15) is 4.79 Å². The minimum absolute atomic E-state index is 0.0617. The minimum Gasteiger partial charge on any atom is -0.497 e. The van der Waals surface area contributed by atoms with Crippen LogP contribution in [-0.4, -0.2) is 20.3 Å². The average Bonchev–Trinajstić information content (AvgIpc) is 2.35. The number of carbonyl (C=O) groups is 1. The molecular formula is C13H19NO3. The van der Waals surface area contributed by atoms with Crippen molar-refractivity contribution in [3.8, 4) is 5.75 Å². The standard InChI is InChI=1S/C13H19NO3/c1-9(2)12(14-13(15)17-4)10-5-7-11(16-3)8-6-10/h5-9,12H,1-4H3,(H,14,15)/t12-/m0/s1. The van der Waals surface area contributed by atoms with Gasteiger partial charge >= 0.3 is 6.09 Å². The molecule has 0 aromatic heterocycles. The summed E-state index contributed by atoms with van der Waals surface area (Å²) < 4.78 is 9.72. The number of amides is 1. The second-order valence-corrected chi connectivity index (χ2v) is 4.13. The van der Waals surface area contributed by atoms with Crippen LogP contribution in [0.5, 0.6) is 5.75 Å². The first-order chi connectivity index (χ1) is 8.08. The lowest BCUT2D eigenvalue weighted by Gasteiger charge is -2.22. The Morgan fingerprint density at radius 3 is 2.18 bits per heavy atom. The van der Waals surface area contributed by atoms with Crippen molar-refractivity contribution in [3.05, 3.63) is 29.8 Å². The number of alkyl carbamates (subject to hydrolysis) is 1. The SMILES string of the molecule is COC(=O)N[C@H](c1ccc(OC)cc1)C(C)C. The van der Waals surface area contributed by atoms with Gasteiger partial charge in [0.2, 0.25) is 0 Å². The number of carbonyl (C=O) groups excluding carboxylic acids is 1. The Kier molecular flexibility index (Phi) is 4.82. The van der Waals surface area contributed by atoms with Gasteiger partial charge in [-0.3, -0.25) is 0 Å². The fraction of sp³-hybridized carbons (Fsp3) is 0.462. The highest BCUT2D eigenvalue weighted by molar-refractivity contribution is 5.67. The predicted octanol–water partition coefficient (Wildman–Crippen LogP) is 2.75. The Labute approximate surface area is 102 Å². The molecule has 0 unspecified atom stereocenters. The van der Waals surface area contributed by atoms with Gasteiger partial charge in [-0.05, 0) is 23.6 Å². The van der Waals surface area contributed by atoms with E-state index in [1.807, 2.05) is 38.1 Å². The number of benzene rings is 1. The molecule has 0 bridgehead atoms. The fourth-order valence-electron chi connectivity index (χ4n) is 1.63. The molecule has 0 aliphatic rings. The number of hydrogen-bond donors (Lipinski definition) is 1. The third kappa shape index (κ3) is 3.66. The van der Waals surface area contributed by atoms with E-state index in [1.54, 1.807) is 7.11 Å². The van der Waals surface area contributed by atoms with Crippen molar-refractivity contribution >= 4 is 6.09 Å². The second-order valence-electron chi connectivity index (χ2n) is 4.13. The van der Waals surface area contributed by atoms with E-state index in [0.717, 1.165) is 11.3 Å². The van der Waals surface area contributed by atoms with Crippen LogP contribution in [0, 0.1) is 5.92 Å². The molecule has 1 amide bonds. The Morgan fingerprint density at radius 2 is 1.76 bits per heavy atom. The van der Waals surface area contributed by atoms with Crippen LogP contribution in [0.25, 0.3) is 0 Å². The summed E-state index contributed by atoms with van der Waals surface area (Å²) in [5, 5.41) is 2.82. The first-order valence-electron chi connectivity index (χ1n) is 5.57. The molecular weight excluding hydrogens is 218 g/mol. The zero-order chi connectivity index (χ0) is 12.8. The van der Waals surface area contributed by atoms with Gasteiger partial charge < -0.3 is 14.8 Å². The maximum absolute atomic E-state index is 11.3. The Morgan fingerprint density at radius 1 is 1.18 bits per heavy atom. The van der Waals surface area contributed by atoms with Crippen molar-refractivity contribution in [1.29, 1.82) is 0 Å². The molecule has 4 heteroatoms. The van der Waals surface area contributed by atoms with Gasteiger partial charge in [0.05, 0.1) is 20.3 Å². The molecule has 0 heterocycles. The van der Waals surface area contributed by atoms with Gasteiger partial charge in [0, 0.05) is 0 Å². The van der Waals surface area contributed by atoms with E-state index in [1.165, 1.54) is 7.11 Å². The van der Waals surface area contributed by atoms with E-state index >= 15 is 0 Å². The van der Waals surface area contributed by atoms with Gasteiger partial charge in [-0.15, -0.1) is 0 Å². The summed E-state index contributed by atoms with van der Waals surface area (Å²) in [6, 6.07) is 7.58. The molecule has 1 N–H and O–H groups in total. The Bertz CT molecular complexity index is 359. The maximum Gasteiger partial charge on any atom is 0.407 e. The summed E-state index contributed by atoms with van der Waals surface area (Å²) in [7, 11) is 2.99. The summed E-state index contributed by atoms with van der Waals surface area (Å²) in [6.07, 6.45) is -0.417. The summed E-state index contributed by atoms with van der Waals surface area (Å²) in [6.45, 7) is 4.09. The summed E-state index contributed by atoms with van der Waals surface area (Å²) in [4.78, 5) is 11.3. The van der Waals surface area contributed by atoms with Crippen LogP contribution in [-0.2, 0) is 4.74 Å². The lowest BCUT2D eigenvalue weighted by Crippen LogP contribution is -2.31. The molecule has 4 nitrogen and oxygen atoms in total. The van der Waals surface area contributed by atoms with Crippen molar-refractivity contribution in [2.24, 2.45) is 5.92 Å². The van der Waals surface area contributed by atoms with E-state index in [-0.39, 0.29) is 12.0 Å². The van der Waals surface area contributed by atoms with Crippen LogP contribution in [0.4, 0.5) is 4.79 Å². The zero-order valence-corrected chi connectivity index (χ0v) is 10.7. The summed E-state index contributed by atoms with van der Waals surface area (Å²) >= 11 is 0. The van der Waals surface area contributed by atoms with Crippen molar-refractivity contribution in [2.75, 3.05) is 14.2 Å². The van der Waals surface area contributed by atoms with Gasteiger partial charge in [-0.25, -0.2) is 4.79 Å². The van der Waals surface area contributed by atoms with Gasteiger partial charge in [0.15, 0.2) is 0 Å². The highest BCUT2D eigenvalue weighted by Crippen LogP contribution is 2.23. The molecule has 1 aromatic carbocycles. The molecule has 0 saturated carbocycles. The first kappa shape index (κ1) is 13.4. The molecule has 1 rings (SSSR count). The lowest BCUT2D eigenvalue weighted by molar-refractivity contribution is 0.163. The van der Waals surface area contributed by atoms with Crippen molar-refractivity contribution in [2.45, 2.75) is 19.9 Å². The molecule has 94 valence electrons. The van der Waals surface area contributed by atoms with Gasteiger partial charge in [-0.1, -0.05) is 26.0 Å². The molecule has 0 radical (unpaired) electrons. The highest BCUT2D eigenvalue weighted by Gasteiger charge is 2.18. The van der Waals surface area contributed by atoms with Gasteiger partial charge in [-0.2, -0.15) is 0 Å². The van der Waals surface area contributed by atoms with Crippen molar-refractivity contribution < 1.29 is 14.3 Å². The number of rotatable bonds is 4. The number of nitrogens with one attached hydrogen (secondary N) is 1. The Balaban J connectivity index is 2.85. The molecule has 0 aliphatic carbocycles. The van der Waals surface area contributed by atoms with Crippen LogP contribution in [0.1, 0.15) is 25.5 Å². The molecule has 17 heavy (non-hydrogen) atoms. The molecule has 0 aliphatic heterocycles. The average molecular weight is 237 g/mol. The number of ether oxygens (including phenoxy) is 2. The molecule has 1 atom stereocenters. The zero-order valence-electron chi connectivity index (χ0n) is 10.7. The monoisotopic (exact) mass is 237 g/mol. The third-order valence-electron chi connectivity index (χ3n) is 2.60. The van der Waals surface area contributed by atoms with Crippen LogP contribution in [0.15, 0.2) is 24.3 Å². The largest absolute Gasteiger partial charge is 0.497 e. The quantitative estimate of drug-likeness (QED) is 0.875. The summed E-state index contributed by atoms with van der Waals surface area (Å²) in [5.74, 6) is 1.08. The van der Waals surface area contributed by atoms with E-state index < -0.39 is 6.09 Å². The number of hydrogen-bond acceptors (Lipinski definition) is 3. The lowest BCUT2D eigenvalue weighted by atomic mass is 9.96. The summed E-state index contributed by atoms with van der Waals surface area (Å²) in [5.41, 5.74) is 1.03. The van der Waals surface area contributed by atoms with Crippen molar-refractivity contribution in [3.63, 3.8) is 0 Å². The van der Waals surface area contributed by atoms with Crippen LogP contribution >= 0.6 is 0 Å². The molecule has 0 fully saturated rings. The van der Waals surface area contributed by atoms with Gasteiger partial charge in [0.25, 0.3) is 0 Å². The van der Waals surface area contributed by atoms with E-state index in [2.05, 4.69) is 10.1 Å². The molecule has 0 spiro atoms. The van der Waals surface area contributed by atoms with E-state index in [4.69, 9.17) is 4.74 Å². The molecule has 1 aromatic rings. The number of methoxy groups -OCH3 is 2. The third-order valence-corrected chi connectivity index (χ3v) is 2.60. The van der Waals surface area contributed by atoms with E-state index in [0.29, 0.717) is 0 Å². The second kappa shape index (κ2) is 6.13. The first-order valence-corrected chi connectivity index (χ1v) is 5.57. The van der Waals surface area contributed by atoms with Crippen molar-refractivity contribution in [1.82, 2.24) is 5.32 Å². The smallest absolute Gasteiger partial charge is 0.407 e. The van der Waals surface area contributed by atoms with Crippen LogP contribution in [0.3, 0.4) is 0 Å². The maximum atomic E-state index is 11.3. The molecule has 0 saturated heterocycles. The van der Waals surface area contributed by atoms with Crippen LogP contribution < -0.4 is 10.1 Å². The normalized spacial score (nSPS) is 12.1. The predicted molar refractivity (Wildman–Crippen MR) is 66.1 cm³/mol.